The smallest absolute Gasteiger partial charge is 0.157 e. The number of hydrogen-bond donors (Lipinski definition) is 2. The minimum Gasteiger partial charge on any atom is -0.298 e. The Morgan fingerprint density at radius 2 is 1.08 bits per heavy atom. The van der Waals surface area contributed by atoms with Gasteiger partial charge in [0.05, 0.1) is 5.71 Å². The van der Waals surface area contributed by atoms with Crippen molar-refractivity contribution in [3.63, 3.8) is 0 Å². The lowest BCUT2D eigenvalue weighted by Crippen LogP contribution is -2.71. The molecule has 0 radical (unpaired) electrons. The second-order valence-corrected chi connectivity index (χ2v) is 12.7. The molecule has 6 aromatic carbocycles. The van der Waals surface area contributed by atoms with Crippen molar-refractivity contribution in [2.75, 3.05) is 0 Å². The Labute approximate surface area is 295 Å². The highest BCUT2D eigenvalue weighted by atomic mass is 15.3. The normalized spacial score (nSPS) is 13.7. The van der Waals surface area contributed by atoms with E-state index in [9.17, 15) is 0 Å². The fraction of sp³-hybridized carbons (Fsp3) is 0. The van der Waals surface area contributed by atoms with E-state index in [0.717, 1.165) is 49.9 Å². The minimum absolute atomic E-state index is 0.367. The average Bonchev–Trinajstić information content (AvgIpc) is 3.20. The van der Waals surface area contributed by atoms with E-state index in [4.69, 9.17) is 10.5 Å². The molecule has 0 unspecified atom stereocenters. The summed E-state index contributed by atoms with van der Waals surface area (Å²) in [5, 5.41) is 21.1. The Morgan fingerprint density at radius 1 is 0.490 bits per heavy atom. The number of benzene rings is 6. The maximum Gasteiger partial charge on any atom is 0.157 e. The van der Waals surface area contributed by atoms with Crippen LogP contribution in [0.1, 0.15) is 5.56 Å². The lowest BCUT2D eigenvalue weighted by Gasteiger charge is -2.19. The zero-order valence-electron chi connectivity index (χ0n) is 27.7. The van der Waals surface area contributed by atoms with Crippen LogP contribution in [0.3, 0.4) is 0 Å². The maximum absolute atomic E-state index is 9.12. The van der Waals surface area contributed by atoms with Crippen LogP contribution >= 0.6 is 0 Å². The highest BCUT2D eigenvalue weighted by Crippen LogP contribution is 2.43. The van der Waals surface area contributed by atoms with Crippen molar-refractivity contribution in [3.05, 3.63) is 182 Å². The van der Waals surface area contributed by atoms with Gasteiger partial charge >= 0.3 is 0 Å². The van der Waals surface area contributed by atoms with Gasteiger partial charge in [-0.2, -0.15) is 5.43 Å². The first-order valence-electron chi connectivity index (χ1n) is 17.0. The Bertz CT molecular complexity index is 2610. The zero-order valence-corrected chi connectivity index (χ0v) is 27.7. The summed E-state index contributed by atoms with van der Waals surface area (Å²) in [6.45, 7) is 0. The highest BCUT2D eigenvalue weighted by molar-refractivity contribution is 6.51. The summed E-state index contributed by atoms with van der Waals surface area (Å²) >= 11 is 0. The van der Waals surface area contributed by atoms with E-state index in [-0.39, 0.29) is 0 Å². The summed E-state index contributed by atoms with van der Waals surface area (Å²) in [4.78, 5) is 8.66. The van der Waals surface area contributed by atoms with Gasteiger partial charge in [0, 0.05) is 48.0 Å². The number of nitrogens with zero attached hydrogens (tertiary/aromatic N) is 3. The van der Waals surface area contributed by atoms with Crippen molar-refractivity contribution in [1.29, 1.82) is 5.41 Å². The number of rotatable bonds is 6. The molecule has 51 heavy (non-hydrogen) atoms. The van der Waals surface area contributed by atoms with E-state index in [1.54, 1.807) is 12.4 Å². The molecule has 0 atom stereocenters. The molecule has 0 bridgehead atoms. The third kappa shape index (κ3) is 5.72. The van der Waals surface area contributed by atoms with Crippen LogP contribution in [0, 0.1) is 5.41 Å². The fourth-order valence-electron chi connectivity index (χ4n) is 7.17. The first-order valence-corrected chi connectivity index (χ1v) is 17.0. The summed E-state index contributed by atoms with van der Waals surface area (Å²) in [7, 11) is 0. The van der Waals surface area contributed by atoms with Crippen LogP contribution in [0.15, 0.2) is 182 Å². The van der Waals surface area contributed by atoms with Crippen LogP contribution in [0.5, 0.6) is 0 Å². The summed E-state index contributed by atoms with van der Waals surface area (Å²) in [6.07, 6.45) is 13.3. The second kappa shape index (κ2) is 12.9. The molecular weight excluding hydrogens is 623 g/mol. The molecule has 3 N–H and O–H groups in total. The van der Waals surface area contributed by atoms with Gasteiger partial charge in [0.2, 0.25) is 0 Å². The van der Waals surface area contributed by atoms with Gasteiger partial charge in [-0.15, -0.1) is 0 Å². The largest absolute Gasteiger partial charge is 0.298 e. The number of nitrogens with one attached hydrogen (secondary N) is 1. The predicted molar refractivity (Wildman–Crippen MR) is 211 cm³/mol. The van der Waals surface area contributed by atoms with Gasteiger partial charge < -0.3 is 0 Å². The van der Waals surface area contributed by atoms with Gasteiger partial charge in [-0.3, -0.25) is 15.4 Å². The summed E-state index contributed by atoms with van der Waals surface area (Å²) < 4.78 is 0. The van der Waals surface area contributed by atoms with E-state index in [1.165, 1.54) is 32.7 Å². The Hall–Kier alpha value is -6.82. The van der Waals surface area contributed by atoms with E-state index in [2.05, 4.69) is 137 Å². The van der Waals surface area contributed by atoms with Gasteiger partial charge in [0.1, 0.15) is 5.71 Å². The van der Waals surface area contributed by atoms with Crippen LogP contribution in [0.4, 0.5) is 5.69 Å². The molecule has 5 nitrogen and oxygen atoms in total. The first-order chi connectivity index (χ1) is 25.2. The van der Waals surface area contributed by atoms with Crippen LogP contribution in [0.25, 0.3) is 71.3 Å². The van der Waals surface area contributed by atoms with Crippen molar-refractivity contribution in [2.45, 2.75) is 0 Å². The quantitative estimate of drug-likeness (QED) is 0.0615. The monoisotopic (exact) mass is 654 g/mol. The van der Waals surface area contributed by atoms with Crippen molar-refractivity contribution < 1.29 is 5.43 Å². The molecule has 2 heterocycles. The Balaban J connectivity index is 1.10. The fourth-order valence-corrected chi connectivity index (χ4v) is 7.17. The van der Waals surface area contributed by atoms with Gasteiger partial charge in [-0.25, -0.2) is 0 Å². The predicted octanol–water partition coefficient (Wildman–Crippen LogP) is 10.2. The van der Waals surface area contributed by atoms with E-state index >= 15 is 0 Å². The number of quaternary nitrogens is 1. The number of aromatic nitrogens is 2. The van der Waals surface area contributed by atoms with Crippen molar-refractivity contribution in [2.24, 2.45) is 5.10 Å². The highest BCUT2D eigenvalue weighted by Gasteiger charge is 2.20. The van der Waals surface area contributed by atoms with Crippen molar-refractivity contribution in [3.8, 4) is 33.4 Å². The molecule has 0 fully saturated rings. The summed E-state index contributed by atoms with van der Waals surface area (Å²) in [6, 6.07) is 46.9. The standard InChI is InChI=1S/C46H31N5/c47-43-27-33(19-20-44(43)51-50-38-25-36(34-11-7-21-48-28-34)24-37(26-38)35-12-8-22-49-29-35)46-41-15-5-3-13-39(41)45(40-14-4-6-16-42(40)46)32-18-17-30-9-1-2-10-31(30)23-32/h1-29,47,50H/p+1/b47-43?,51-44-. The van der Waals surface area contributed by atoms with Crippen LogP contribution in [-0.4, -0.2) is 21.4 Å². The van der Waals surface area contributed by atoms with E-state index in [0.29, 0.717) is 11.4 Å². The second-order valence-electron chi connectivity index (χ2n) is 12.7. The third-order valence-corrected chi connectivity index (χ3v) is 9.55. The molecule has 0 amide bonds. The summed E-state index contributed by atoms with van der Waals surface area (Å²) in [5.41, 5.74) is 12.4. The van der Waals surface area contributed by atoms with Gasteiger partial charge in [-0.1, -0.05) is 108 Å². The molecule has 240 valence electrons. The molecule has 0 saturated carbocycles. The topological polar surface area (TPSA) is 78.6 Å². The average molecular weight is 655 g/mol. The first kappa shape index (κ1) is 30.3. The van der Waals surface area contributed by atoms with Crippen molar-refractivity contribution in [1.82, 2.24) is 9.97 Å². The number of nitrogens with two attached hydrogens (primary N) is 1. The third-order valence-electron chi connectivity index (χ3n) is 9.55. The van der Waals surface area contributed by atoms with Gasteiger partial charge in [0.25, 0.3) is 0 Å². The Kier molecular flexibility index (Phi) is 7.65. The zero-order chi connectivity index (χ0) is 34.1. The minimum atomic E-state index is 0.367. The summed E-state index contributed by atoms with van der Waals surface area (Å²) in [5.74, 6) is 0. The molecule has 1 aliphatic rings. The number of pyridine rings is 2. The molecule has 0 saturated heterocycles. The van der Waals surface area contributed by atoms with Crippen LogP contribution in [0.2, 0.25) is 0 Å². The lowest BCUT2D eigenvalue weighted by molar-refractivity contribution is -0.577. The SMILES string of the molecule is N=C1C=C(c2c3ccccc3c(-c3ccc4ccccc4c3)c3ccccc23)C=C/C1=N/[NH2+]c1cc(-c2cccnc2)cc(-c2cccnc2)c1. The number of fused-ring (bicyclic) bond motifs is 3. The van der Waals surface area contributed by atoms with Gasteiger partial charge in [0.15, 0.2) is 5.69 Å². The molecule has 2 aromatic heterocycles. The molecule has 1 aliphatic carbocycles. The maximum atomic E-state index is 9.12. The Morgan fingerprint density at radius 3 is 1.67 bits per heavy atom. The molecule has 5 heteroatoms. The van der Waals surface area contributed by atoms with Crippen LogP contribution < -0.4 is 5.43 Å². The molecule has 0 aliphatic heterocycles. The molecule has 8 aromatic rings. The van der Waals surface area contributed by atoms with Crippen LogP contribution in [-0.2, 0) is 0 Å². The molecule has 0 spiro atoms. The van der Waals surface area contributed by atoms with Crippen molar-refractivity contribution >= 4 is 55.0 Å². The van der Waals surface area contributed by atoms with E-state index < -0.39 is 0 Å². The van der Waals surface area contributed by atoms with E-state index in [1.807, 2.05) is 42.1 Å². The molecular formula is C46H32N5+. The number of allylic oxidation sites excluding steroid dienone is 4. The molecule has 9 rings (SSSR count). The lowest BCUT2D eigenvalue weighted by atomic mass is 9.84. The number of hydrogen-bond acceptors (Lipinski definition) is 4. The van der Waals surface area contributed by atoms with Gasteiger partial charge in [-0.05, 0) is 102 Å².